The van der Waals surface area contributed by atoms with Crippen molar-refractivity contribution in [3.8, 4) is 11.5 Å². The lowest BCUT2D eigenvalue weighted by atomic mass is 10.1. The number of allylic oxidation sites excluding steroid dienone is 1. The number of methoxy groups -OCH3 is 2. The average molecular weight is 314 g/mol. The van der Waals surface area contributed by atoms with Crippen LogP contribution in [0.15, 0.2) is 53.4 Å². The molecule has 0 radical (unpaired) electrons. The summed E-state index contributed by atoms with van der Waals surface area (Å²) in [5, 5.41) is 0. The summed E-state index contributed by atoms with van der Waals surface area (Å²) in [6.07, 6.45) is 5.29. The quantitative estimate of drug-likeness (QED) is 0.452. The molecule has 0 aromatic heterocycles. The highest BCUT2D eigenvalue weighted by atomic mass is 32.2. The topological polar surface area (TPSA) is 35.5 Å². The Labute approximate surface area is 135 Å². The first-order valence-corrected chi connectivity index (χ1v) is 7.99. The largest absolute Gasteiger partial charge is 0.496 e. The molecule has 0 aliphatic carbocycles. The van der Waals surface area contributed by atoms with E-state index in [0.717, 1.165) is 10.5 Å². The number of hydrogen-bond donors (Lipinski definition) is 0. The molecule has 0 unspecified atom stereocenters. The predicted octanol–water partition coefficient (Wildman–Crippen LogP) is 4.32. The molecule has 4 heteroatoms. The fraction of sp³-hybridized carbons (Fsp3) is 0.167. The molecular formula is C18H18O3S. The first kappa shape index (κ1) is 16.2. The Morgan fingerprint density at radius 2 is 1.73 bits per heavy atom. The number of benzene rings is 2. The van der Waals surface area contributed by atoms with Gasteiger partial charge in [-0.2, -0.15) is 0 Å². The van der Waals surface area contributed by atoms with E-state index < -0.39 is 0 Å². The maximum absolute atomic E-state index is 12.4. The molecule has 0 fully saturated rings. The number of carbonyl (C=O) groups excluding carboxylic acids is 1. The molecule has 22 heavy (non-hydrogen) atoms. The Kier molecular flexibility index (Phi) is 5.67. The molecule has 0 saturated carbocycles. The van der Waals surface area contributed by atoms with Gasteiger partial charge in [0.1, 0.15) is 11.5 Å². The van der Waals surface area contributed by atoms with E-state index in [4.69, 9.17) is 9.47 Å². The first-order chi connectivity index (χ1) is 10.7. The third-order valence-corrected chi connectivity index (χ3v) is 3.96. The zero-order valence-corrected chi connectivity index (χ0v) is 13.6. The van der Waals surface area contributed by atoms with E-state index in [-0.39, 0.29) is 5.78 Å². The maximum Gasteiger partial charge on any atom is 0.189 e. The van der Waals surface area contributed by atoms with E-state index in [1.54, 1.807) is 44.2 Å². The molecule has 0 saturated heterocycles. The predicted molar refractivity (Wildman–Crippen MR) is 91.1 cm³/mol. The van der Waals surface area contributed by atoms with Crippen LogP contribution < -0.4 is 9.47 Å². The molecule has 0 spiro atoms. The Balaban J connectivity index is 2.34. The summed E-state index contributed by atoms with van der Waals surface area (Å²) in [6.45, 7) is 0. The minimum atomic E-state index is -0.119. The van der Waals surface area contributed by atoms with Crippen LogP contribution in [0.2, 0.25) is 0 Å². The van der Waals surface area contributed by atoms with Gasteiger partial charge >= 0.3 is 0 Å². The lowest BCUT2D eigenvalue weighted by molar-refractivity contribution is 0.104. The van der Waals surface area contributed by atoms with E-state index in [1.807, 2.05) is 42.7 Å². The maximum atomic E-state index is 12.4. The molecule has 0 N–H and O–H groups in total. The minimum absolute atomic E-state index is 0.119. The van der Waals surface area contributed by atoms with Crippen LogP contribution >= 0.6 is 11.8 Å². The number of thioether (sulfide) groups is 1. The Hall–Kier alpha value is -2.20. The smallest absolute Gasteiger partial charge is 0.189 e. The molecular weight excluding hydrogens is 296 g/mol. The highest BCUT2D eigenvalue weighted by Crippen LogP contribution is 2.34. The number of ketones is 1. The van der Waals surface area contributed by atoms with Gasteiger partial charge < -0.3 is 9.47 Å². The third-order valence-electron chi connectivity index (χ3n) is 3.20. The van der Waals surface area contributed by atoms with Gasteiger partial charge in [-0.25, -0.2) is 0 Å². The van der Waals surface area contributed by atoms with Crippen molar-refractivity contribution in [3.05, 3.63) is 59.7 Å². The molecule has 0 aliphatic rings. The normalized spacial score (nSPS) is 10.7. The molecule has 3 nitrogen and oxygen atoms in total. The third kappa shape index (κ3) is 3.71. The van der Waals surface area contributed by atoms with Crippen molar-refractivity contribution in [1.29, 1.82) is 0 Å². The molecule has 0 heterocycles. The van der Waals surface area contributed by atoms with Crippen molar-refractivity contribution < 1.29 is 14.3 Å². The summed E-state index contributed by atoms with van der Waals surface area (Å²) in [7, 11) is 3.15. The summed E-state index contributed by atoms with van der Waals surface area (Å²) >= 11 is 1.55. The highest BCUT2D eigenvalue weighted by molar-refractivity contribution is 7.98. The fourth-order valence-corrected chi connectivity index (χ4v) is 2.62. The molecule has 0 bridgehead atoms. The van der Waals surface area contributed by atoms with E-state index in [1.165, 1.54) is 0 Å². The van der Waals surface area contributed by atoms with Gasteiger partial charge in [-0.1, -0.05) is 36.4 Å². The van der Waals surface area contributed by atoms with E-state index in [2.05, 4.69) is 0 Å². The zero-order valence-electron chi connectivity index (χ0n) is 12.8. The van der Waals surface area contributed by atoms with Crippen LogP contribution in [0.25, 0.3) is 6.08 Å². The van der Waals surface area contributed by atoms with E-state index >= 15 is 0 Å². The minimum Gasteiger partial charge on any atom is -0.496 e. The fourth-order valence-electron chi connectivity index (χ4n) is 2.05. The molecule has 114 valence electrons. The lowest BCUT2D eigenvalue weighted by Gasteiger charge is -2.12. The number of ether oxygens (including phenoxy) is 2. The number of hydrogen-bond acceptors (Lipinski definition) is 4. The second kappa shape index (κ2) is 7.71. The second-order valence-corrected chi connectivity index (χ2v) is 5.36. The molecule has 2 rings (SSSR count). The summed E-state index contributed by atoms with van der Waals surface area (Å²) in [6, 6.07) is 13.2. The molecule has 0 aliphatic heterocycles. The van der Waals surface area contributed by atoms with Crippen LogP contribution in [0.3, 0.4) is 0 Å². The molecule has 2 aromatic rings. The van der Waals surface area contributed by atoms with Crippen molar-refractivity contribution in [1.82, 2.24) is 0 Å². The van der Waals surface area contributed by atoms with Gasteiger partial charge in [-0.3, -0.25) is 4.79 Å². The highest BCUT2D eigenvalue weighted by Gasteiger charge is 2.15. The summed E-state index contributed by atoms with van der Waals surface area (Å²) in [5.74, 6) is 1.10. The number of carbonyl (C=O) groups is 1. The van der Waals surface area contributed by atoms with Gasteiger partial charge in [-0.15, -0.1) is 11.8 Å². The Morgan fingerprint density at radius 1 is 1.05 bits per heavy atom. The summed E-state index contributed by atoms with van der Waals surface area (Å²) in [5.41, 5.74) is 1.46. The van der Waals surface area contributed by atoms with E-state index in [9.17, 15) is 4.79 Å². The number of rotatable bonds is 6. The van der Waals surface area contributed by atoms with Crippen molar-refractivity contribution in [2.45, 2.75) is 4.90 Å². The SMILES string of the molecule is COc1cc(C(=O)C=Cc2ccccc2)c(OC)cc1SC. The van der Waals surface area contributed by atoms with Gasteiger partial charge in [-0.05, 0) is 30.0 Å². The molecule has 0 atom stereocenters. The Bertz CT molecular complexity index is 678. The van der Waals surface area contributed by atoms with Crippen molar-refractivity contribution >= 4 is 23.6 Å². The molecule has 0 amide bonds. The van der Waals surface area contributed by atoms with E-state index in [0.29, 0.717) is 17.1 Å². The van der Waals surface area contributed by atoms with Crippen LogP contribution in [0.5, 0.6) is 11.5 Å². The van der Waals surface area contributed by atoms with Crippen LogP contribution in [0.4, 0.5) is 0 Å². The standard InChI is InChI=1S/C18H18O3S/c1-20-16-12-18(22-3)17(21-2)11-14(16)15(19)10-9-13-7-5-4-6-8-13/h4-12H,1-3H3. The van der Waals surface area contributed by atoms with Crippen molar-refractivity contribution in [2.24, 2.45) is 0 Å². The van der Waals surface area contributed by atoms with Gasteiger partial charge in [0.25, 0.3) is 0 Å². The average Bonchev–Trinajstić information content (AvgIpc) is 2.59. The zero-order chi connectivity index (χ0) is 15.9. The van der Waals surface area contributed by atoms with Crippen LogP contribution in [0, 0.1) is 0 Å². The van der Waals surface area contributed by atoms with Gasteiger partial charge in [0.15, 0.2) is 5.78 Å². The van der Waals surface area contributed by atoms with Gasteiger partial charge in [0.05, 0.1) is 24.7 Å². The van der Waals surface area contributed by atoms with Gasteiger partial charge in [0.2, 0.25) is 0 Å². The Morgan fingerprint density at radius 3 is 2.32 bits per heavy atom. The van der Waals surface area contributed by atoms with Crippen molar-refractivity contribution in [3.63, 3.8) is 0 Å². The van der Waals surface area contributed by atoms with Crippen molar-refractivity contribution in [2.75, 3.05) is 20.5 Å². The second-order valence-electron chi connectivity index (χ2n) is 4.52. The summed E-state index contributed by atoms with van der Waals surface area (Å²) in [4.78, 5) is 13.4. The summed E-state index contributed by atoms with van der Waals surface area (Å²) < 4.78 is 10.7. The van der Waals surface area contributed by atoms with Crippen LogP contribution in [-0.2, 0) is 0 Å². The van der Waals surface area contributed by atoms with Crippen LogP contribution in [0.1, 0.15) is 15.9 Å². The first-order valence-electron chi connectivity index (χ1n) is 6.77. The monoisotopic (exact) mass is 314 g/mol. The van der Waals surface area contributed by atoms with Gasteiger partial charge in [0, 0.05) is 0 Å². The van der Waals surface area contributed by atoms with Crippen LogP contribution in [-0.4, -0.2) is 26.3 Å². The molecule has 2 aromatic carbocycles. The lowest BCUT2D eigenvalue weighted by Crippen LogP contribution is -2.01.